The minimum atomic E-state index is -0.202. The first kappa shape index (κ1) is 40.6. The predicted molar refractivity (Wildman–Crippen MR) is 221 cm³/mol. The molecule has 278 valence electrons. The van der Waals surface area contributed by atoms with E-state index in [0.29, 0.717) is 13.2 Å². The second-order valence-corrected chi connectivity index (χ2v) is 15.7. The molecule has 4 rings (SSSR count). The van der Waals surface area contributed by atoms with Gasteiger partial charge in [0.1, 0.15) is 11.5 Å². The fourth-order valence-corrected chi connectivity index (χ4v) is 6.73. The molecule has 0 heterocycles. The van der Waals surface area contributed by atoms with Gasteiger partial charge >= 0.3 is 0 Å². The van der Waals surface area contributed by atoms with Gasteiger partial charge < -0.3 is 18.9 Å². The maximum atomic E-state index is 6.74. The molecule has 0 aliphatic carbocycles. The van der Waals surface area contributed by atoms with E-state index in [0.717, 1.165) is 70.6 Å². The standard InChI is InChI=1S/C48H62O4/c1-13-35-17-21-37(22-18-35)25-27-39-29-41(47(7,8)9)45(51-31-49-15-3)43(33(39)5)44-34(6)40(28-26-38-23-19-36(14-2)20-24-38)30-42(48(10,11)12)46(44)52-32-50-16-4/h13-14,17-24,29-30H,1-2,15-16,25-28,31-32H2,3-12H3. The van der Waals surface area contributed by atoms with Crippen molar-refractivity contribution in [2.45, 2.75) is 106 Å². The molecule has 4 aromatic carbocycles. The summed E-state index contributed by atoms with van der Waals surface area (Å²) < 4.78 is 25.2. The van der Waals surface area contributed by atoms with Gasteiger partial charge in [0, 0.05) is 35.5 Å². The summed E-state index contributed by atoms with van der Waals surface area (Å²) in [4.78, 5) is 0. The van der Waals surface area contributed by atoms with E-state index in [-0.39, 0.29) is 24.4 Å². The van der Waals surface area contributed by atoms with Crippen molar-refractivity contribution in [3.63, 3.8) is 0 Å². The zero-order valence-corrected chi connectivity index (χ0v) is 33.6. The molecule has 4 aromatic rings. The Balaban J connectivity index is 2.03. The Morgan fingerprint density at radius 2 is 0.885 bits per heavy atom. The van der Waals surface area contributed by atoms with Crippen LogP contribution in [0.3, 0.4) is 0 Å². The van der Waals surface area contributed by atoms with Gasteiger partial charge in [0.2, 0.25) is 0 Å². The molecule has 0 amide bonds. The second kappa shape index (κ2) is 18.1. The Labute approximate surface area is 314 Å². The summed E-state index contributed by atoms with van der Waals surface area (Å²) in [7, 11) is 0. The molecule has 4 nitrogen and oxygen atoms in total. The SMILES string of the molecule is C=Cc1ccc(CCc2cc(C(C)(C)C)c(OCOCC)c(-c3c(C)c(CCc4ccc(C=C)cc4)cc(C(C)(C)C)c3OCOCC)c2C)cc1. The zero-order chi connectivity index (χ0) is 38.1. The third-order valence-corrected chi connectivity index (χ3v) is 9.94. The Bertz CT molecular complexity index is 1660. The van der Waals surface area contributed by atoms with Crippen molar-refractivity contribution in [3.05, 3.63) is 129 Å². The molecule has 0 saturated heterocycles. The van der Waals surface area contributed by atoms with Crippen LogP contribution in [0.4, 0.5) is 0 Å². The van der Waals surface area contributed by atoms with Crippen LogP contribution in [0.2, 0.25) is 0 Å². The van der Waals surface area contributed by atoms with Crippen molar-refractivity contribution in [1.29, 1.82) is 0 Å². The van der Waals surface area contributed by atoms with Crippen LogP contribution in [0, 0.1) is 13.8 Å². The minimum absolute atomic E-state index is 0.168. The number of hydrogen-bond donors (Lipinski definition) is 0. The van der Waals surface area contributed by atoms with Gasteiger partial charge in [-0.1, -0.05) is 128 Å². The molecule has 0 aliphatic heterocycles. The summed E-state index contributed by atoms with van der Waals surface area (Å²) in [5.74, 6) is 1.72. The molecule has 0 atom stereocenters. The van der Waals surface area contributed by atoms with Crippen LogP contribution >= 0.6 is 0 Å². The van der Waals surface area contributed by atoms with Crippen LogP contribution in [0.5, 0.6) is 11.5 Å². The highest BCUT2D eigenvalue weighted by Crippen LogP contribution is 2.51. The van der Waals surface area contributed by atoms with Crippen molar-refractivity contribution in [1.82, 2.24) is 0 Å². The lowest BCUT2D eigenvalue weighted by atomic mass is 9.76. The molecule has 52 heavy (non-hydrogen) atoms. The van der Waals surface area contributed by atoms with E-state index in [9.17, 15) is 0 Å². The van der Waals surface area contributed by atoms with Crippen LogP contribution < -0.4 is 9.47 Å². The van der Waals surface area contributed by atoms with E-state index in [1.807, 2.05) is 26.0 Å². The Morgan fingerprint density at radius 1 is 0.538 bits per heavy atom. The number of ether oxygens (including phenoxy) is 4. The van der Waals surface area contributed by atoms with Crippen molar-refractivity contribution in [2.75, 3.05) is 26.8 Å². The van der Waals surface area contributed by atoms with Gasteiger partial charge in [-0.3, -0.25) is 0 Å². The zero-order valence-electron chi connectivity index (χ0n) is 33.6. The van der Waals surface area contributed by atoms with Gasteiger partial charge in [-0.05, 0) is 109 Å². The van der Waals surface area contributed by atoms with Crippen LogP contribution in [-0.2, 0) is 46.0 Å². The van der Waals surface area contributed by atoms with Gasteiger partial charge in [0.25, 0.3) is 0 Å². The first-order chi connectivity index (χ1) is 24.7. The molecule has 0 aromatic heterocycles. The van der Waals surface area contributed by atoms with E-state index >= 15 is 0 Å². The number of aryl methyl sites for hydroxylation is 4. The summed E-state index contributed by atoms with van der Waals surface area (Å²) in [5, 5.41) is 0. The van der Waals surface area contributed by atoms with E-state index in [1.165, 1.54) is 33.4 Å². The first-order valence-electron chi connectivity index (χ1n) is 18.9. The van der Waals surface area contributed by atoms with Gasteiger partial charge in [-0.25, -0.2) is 0 Å². The minimum Gasteiger partial charge on any atom is -0.467 e. The third kappa shape index (κ3) is 10.1. The summed E-state index contributed by atoms with van der Waals surface area (Å²) in [6.45, 7) is 31.4. The molecule has 0 bridgehead atoms. The van der Waals surface area contributed by atoms with E-state index in [1.54, 1.807) is 0 Å². The van der Waals surface area contributed by atoms with Crippen LogP contribution in [0.25, 0.3) is 23.3 Å². The Morgan fingerprint density at radius 3 is 1.17 bits per heavy atom. The largest absolute Gasteiger partial charge is 0.467 e. The highest BCUT2D eigenvalue weighted by molar-refractivity contribution is 5.86. The topological polar surface area (TPSA) is 36.9 Å². The molecule has 0 aliphatic rings. The second-order valence-electron chi connectivity index (χ2n) is 15.7. The third-order valence-electron chi connectivity index (χ3n) is 9.94. The average Bonchev–Trinajstić information content (AvgIpc) is 3.11. The molecular weight excluding hydrogens is 641 g/mol. The van der Waals surface area contributed by atoms with Crippen molar-refractivity contribution in [3.8, 4) is 22.6 Å². The smallest absolute Gasteiger partial charge is 0.189 e. The lowest BCUT2D eigenvalue weighted by molar-refractivity contribution is 0.0203. The van der Waals surface area contributed by atoms with Crippen LogP contribution in [-0.4, -0.2) is 26.8 Å². The first-order valence-corrected chi connectivity index (χ1v) is 18.9. The van der Waals surface area contributed by atoms with Crippen molar-refractivity contribution >= 4 is 12.2 Å². The molecule has 0 N–H and O–H groups in total. The summed E-state index contributed by atoms with van der Waals surface area (Å²) >= 11 is 0. The van der Waals surface area contributed by atoms with E-state index in [2.05, 4.69) is 129 Å². The summed E-state index contributed by atoms with van der Waals surface area (Å²) in [6.07, 6.45) is 7.41. The van der Waals surface area contributed by atoms with Gasteiger partial charge in [-0.2, -0.15) is 0 Å². The number of rotatable bonds is 17. The average molecular weight is 703 g/mol. The maximum Gasteiger partial charge on any atom is 0.189 e. The molecule has 0 spiro atoms. The van der Waals surface area contributed by atoms with Crippen molar-refractivity contribution < 1.29 is 18.9 Å². The number of benzene rings is 4. The van der Waals surface area contributed by atoms with Crippen LogP contribution in [0.15, 0.2) is 73.8 Å². The Hall–Kier alpha value is -4.12. The molecule has 0 fully saturated rings. The van der Waals surface area contributed by atoms with Gasteiger partial charge in [-0.15, -0.1) is 0 Å². The lowest BCUT2D eigenvalue weighted by Gasteiger charge is -2.32. The van der Waals surface area contributed by atoms with E-state index in [4.69, 9.17) is 18.9 Å². The van der Waals surface area contributed by atoms with Crippen molar-refractivity contribution in [2.24, 2.45) is 0 Å². The monoisotopic (exact) mass is 702 g/mol. The highest BCUT2D eigenvalue weighted by atomic mass is 16.7. The fraction of sp³-hybridized carbons (Fsp3) is 0.417. The van der Waals surface area contributed by atoms with Gasteiger partial charge in [0.15, 0.2) is 13.6 Å². The molecule has 0 unspecified atom stereocenters. The molecule has 0 radical (unpaired) electrons. The quantitative estimate of drug-likeness (QED) is 0.0811. The molecular formula is C48H62O4. The Kier molecular flexibility index (Phi) is 14.1. The lowest BCUT2D eigenvalue weighted by Crippen LogP contribution is -2.19. The van der Waals surface area contributed by atoms with Gasteiger partial charge in [0.05, 0.1) is 0 Å². The summed E-state index contributed by atoms with van der Waals surface area (Å²) in [6, 6.07) is 22.2. The van der Waals surface area contributed by atoms with E-state index < -0.39 is 0 Å². The predicted octanol–water partition coefficient (Wildman–Crippen LogP) is 12.2. The molecule has 0 saturated carbocycles. The summed E-state index contributed by atoms with van der Waals surface area (Å²) in [5.41, 5.74) is 13.9. The highest BCUT2D eigenvalue weighted by Gasteiger charge is 2.32. The van der Waals surface area contributed by atoms with Crippen LogP contribution in [0.1, 0.15) is 111 Å². The molecule has 4 heteroatoms. The fourth-order valence-electron chi connectivity index (χ4n) is 6.73. The normalized spacial score (nSPS) is 11.8. The maximum absolute atomic E-state index is 6.74. The number of hydrogen-bond acceptors (Lipinski definition) is 4.